The van der Waals surface area contributed by atoms with Crippen LogP contribution in [0.15, 0.2) is 0 Å². The number of alkyl halides is 3. The highest BCUT2D eigenvalue weighted by Gasteiger charge is 2.37. The van der Waals surface area contributed by atoms with Crippen molar-refractivity contribution in [2.75, 3.05) is 0 Å². The highest BCUT2D eigenvalue weighted by atomic mass is 19.4. The van der Waals surface area contributed by atoms with Crippen molar-refractivity contribution in [1.82, 2.24) is 0 Å². The molecule has 73 valence electrons. The number of unbranched alkanes of at least 4 members (excludes halogenated alkanes) is 2. The number of hydrogen-bond acceptors (Lipinski definition) is 0. The molecule has 0 saturated heterocycles. The fraction of sp³-hybridized carbons (Fsp3) is 0.889. The van der Waals surface area contributed by atoms with Crippen LogP contribution in [0.25, 0.3) is 0 Å². The lowest BCUT2D eigenvalue weighted by atomic mass is 9.98. The van der Waals surface area contributed by atoms with Crippen LogP contribution < -0.4 is 0 Å². The topological polar surface area (TPSA) is 0 Å². The van der Waals surface area contributed by atoms with Crippen LogP contribution in [0.2, 0.25) is 0 Å². The molecule has 0 amide bonds. The SMILES string of the molecule is [CH2]CCCCC(CC)C(F)(F)F. The van der Waals surface area contributed by atoms with Crippen molar-refractivity contribution >= 4 is 0 Å². The van der Waals surface area contributed by atoms with E-state index in [-0.39, 0.29) is 12.8 Å². The van der Waals surface area contributed by atoms with Gasteiger partial charge in [-0.25, -0.2) is 0 Å². The molecule has 1 atom stereocenters. The molecule has 3 heteroatoms. The second-order valence-corrected chi connectivity index (χ2v) is 3.00. The fourth-order valence-electron chi connectivity index (χ4n) is 1.17. The van der Waals surface area contributed by atoms with E-state index in [2.05, 4.69) is 6.92 Å². The van der Waals surface area contributed by atoms with Crippen LogP contribution >= 0.6 is 0 Å². The van der Waals surface area contributed by atoms with E-state index in [1.165, 1.54) is 0 Å². The monoisotopic (exact) mass is 181 g/mol. The third-order valence-corrected chi connectivity index (χ3v) is 2.01. The molecule has 0 aliphatic carbocycles. The van der Waals surface area contributed by atoms with Crippen molar-refractivity contribution in [2.24, 2.45) is 5.92 Å². The van der Waals surface area contributed by atoms with Crippen LogP contribution in [0.3, 0.4) is 0 Å². The van der Waals surface area contributed by atoms with Crippen LogP contribution in [0.4, 0.5) is 13.2 Å². The Morgan fingerprint density at radius 1 is 1.25 bits per heavy atom. The Balaban J connectivity index is 3.68. The van der Waals surface area contributed by atoms with Gasteiger partial charge in [-0.2, -0.15) is 13.2 Å². The zero-order valence-electron chi connectivity index (χ0n) is 7.45. The van der Waals surface area contributed by atoms with Crippen LogP contribution in [0.1, 0.15) is 39.0 Å². The highest BCUT2D eigenvalue weighted by molar-refractivity contribution is 4.65. The van der Waals surface area contributed by atoms with E-state index in [4.69, 9.17) is 0 Å². The van der Waals surface area contributed by atoms with Crippen LogP contribution in [0.5, 0.6) is 0 Å². The number of halogens is 3. The third-order valence-electron chi connectivity index (χ3n) is 2.01. The molecule has 1 radical (unpaired) electrons. The lowest BCUT2D eigenvalue weighted by Gasteiger charge is -2.17. The molecule has 12 heavy (non-hydrogen) atoms. The first kappa shape index (κ1) is 11.8. The molecule has 0 aliphatic rings. The Hall–Kier alpha value is -0.210. The van der Waals surface area contributed by atoms with Gasteiger partial charge >= 0.3 is 6.18 Å². The molecular formula is C9H16F3. The van der Waals surface area contributed by atoms with Crippen molar-refractivity contribution < 1.29 is 13.2 Å². The smallest absolute Gasteiger partial charge is 0.171 e. The summed E-state index contributed by atoms with van der Waals surface area (Å²) in [6, 6.07) is 0. The molecule has 0 N–H and O–H groups in total. The lowest BCUT2D eigenvalue weighted by Crippen LogP contribution is -2.21. The summed E-state index contributed by atoms with van der Waals surface area (Å²) in [5.74, 6) is -1.11. The minimum absolute atomic E-state index is 0.195. The van der Waals surface area contributed by atoms with Gasteiger partial charge in [-0.05, 0) is 12.8 Å². The summed E-state index contributed by atoms with van der Waals surface area (Å²) in [4.78, 5) is 0. The summed E-state index contributed by atoms with van der Waals surface area (Å²) in [6.07, 6.45) is -1.38. The lowest BCUT2D eigenvalue weighted by molar-refractivity contribution is -0.177. The molecule has 0 aromatic rings. The van der Waals surface area contributed by atoms with E-state index in [0.717, 1.165) is 12.8 Å². The molecular weight excluding hydrogens is 165 g/mol. The highest BCUT2D eigenvalue weighted by Crippen LogP contribution is 2.32. The van der Waals surface area contributed by atoms with Gasteiger partial charge in [0.05, 0.1) is 5.92 Å². The fourth-order valence-corrected chi connectivity index (χ4v) is 1.17. The summed E-state index contributed by atoms with van der Waals surface area (Å²) < 4.78 is 36.4. The Morgan fingerprint density at radius 2 is 1.83 bits per heavy atom. The van der Waals surface area contributed by atoms with E-state index in [9.17, 15) is 13.2 Å². The Labute approximate surface area is 72.2 Å². The quantitative estimate of drug-likeness (QED) is 0.563. The molecule has 0 heterocycles. The largest absolute Gasteiger partial charge is 0.391 e. The molecule has 0 nitrogen and oxygen atoms in total. The number of hydrogen-bond donors (Lipinski definition) is 0. The number of rotatable bonds is 5. The van der Waals surface area contributed by atoms with Crippen molar-refractivity contribution in [2.45, 2.75) is 45.2 Å². The Bertz CT molecular complexity index is 107. The van der Waals surface area contributed by atoms with E-state index >= 15 is 0 Å². The van der Waals surface area contributed by atoms with Gasteiger partial charge in [0.25, 0.3) is 0 Å². The van der Waals surface area contributed by atoms with Gasteiger partial charge in [0, 0.05) is 0 Å². The summed E-state index contributed by atoms with van der Waals surface area (Å²) >= 11 is 0. The summed E-state index contributed by atoms with van der Waals surface area (Å²) in [6.45, 7) is 5.17. The molecule has 1 unspecified atom stereocenters. The van der Waals surface area contributed by atoms with Crippen LogP contribution in [0, 0.1) is 12.8 Å². The van der Waals surface area contributed by atoms with Crippen LogP contribution in [-0.2, 0) is 0 Å². The van der Waals surface area contributed by atoms with Gasteiger partial charge < -0.3 is 0 Å². The maximum Gasteiger partial charge on any atom is 0.391 e. The second-order valence-electron chi connectivity index (χ2n) is 3.00. The molecule has 0 rings (SSSR count). The average Bonchev–Trinajstić information content (AvgIpc) is 1.95. The van der Waals surface area contributed by atoms with Crippen LogP contribution in [-0.4, -0.2) is 6.18 Å². The molecule has 0 aliphatic heterocycles. The zero-order chi connectivity index (χ0) is 9.61. The third kappa shape index (κ3) is 4.62. The summed E-state index contributed by atoms with van der Waals surface area (Å²) in [5.41, 5.74) is 0. The Kier molecular flexibility index (Phi) is 5.34. The van der Waals surface area contributed by atoms with E-state index in [0.29, 0.717) is 6.42 Å². The van der Waals surface area contributed by atoms with E-state index < -0.39 is 12.1 Å². The molecule has 0 saturated carbocycles. The first-order chi connectivity index (χ1) is 5.52. The van der Waals surface area contributed by atoms with Gasteiger partial charge in [0.1, 0.15) is 0 Å². The molecule has 0 spiro atoms. The van der Waals surface area contributed by atoms with E-state index in [1.807, 2.05) is 0 Å². The average molecular weight is 181 g/mol. The first-order valence-electron chi connectivity index (χ1n) is 4.38. The standard InChI is InChI=1S/C9H16F3/c1-3-5-6-7-8(4-2)9(10,11)12/h8H,1,3-7H2,2H3. The van der Waals surface area contributed by atoms with Gasteiger partial charge in [-0.3, -0.25) is 0 Å². The molecule has 0 bridgehead atoms. The van der Waals surface area contributed by atoms with Crippen molar-refractivity contribution in [3.05, 3.63) is 6.92 Å². The molecule has 0 aromatic heterocycles. The maximum absolute atomic E-state index is 12.1. The predicted molar refractivity (Wildman–Crippen MR) is 43.7 cm³/mol. The Morgan fingerprint density at radius 3 is 2.17 bits per heavy atom. The first-order valence-corrected chi connectivity index (χ1v) is 4.38. The van der Waals surface area contributed by atoms with Gasteiger partial charge in [0.15, 0.2) is 0 Å². The molecule has 0 fully saturated rings. The molecule has 0 aromatic carbocycles. The summed E-state index contributed by atoms with van der Waals surface area (Å²) in [5, 5.41) is 0. The maximum atomic E-state index is 12.1. The normalized spacial score (nSPS) is 14.8. The van der Waals surface area contributed by atoms with Gasteiger partial charge in [-0.15, -0.1) is 0 Å². The van der Waals surface area contributed by atoms with E-state index in [1.54, 1.807) is 6.92 Å². The predicted octanol–water partition coefficient (Wildman–Crippen LogP) is 3.97. The minimum Gasteiger partial charge on any atom is -0.171 e. The summed E-state index contributed by atoms with van der Waals surface area (Å²) in [7, 11) is 0. The van der Waals surface area contributed by atoms with Gasteiger partial charge in [0.2, 0.25) is 0 Å². The van der Waals surface area contributed by atoms with Crippen molar-refractivity contribution in [1.29, 1.82) is 0 Å². The van der Waals surface area contributed by atoms with Gasteiger partial charge in [-0.1, -0.05) is 33.1 Å². The zero-order valence-corrected chi connectivity index (χ0v) is 7.45. The second kappa shape index (κ2) is 5.44. The van der Waals surface area contributed by atoms with Crippen molar-refractivity contribution in [3.63, 3.8) is 0 Å². The van der Waals surface area contributed by atoms with Crippen molar-refractivity contribution in [3.8, 4) is 0 Å². The minimum atomic E-state index is -4.00.